The van der Waals surface area contributed by atoms with Gasteiger partial charge in [-0.2, -0.15) is 0 Å². The third-order valence-corrected chi connectivity index (χ3v) is 5.62. The van der Waals surface area contributed by atoms with Gasteiger partial charge in [0, 0.05) is 0 Å². The van der Waals surface area contributed by atoms with Gasteiger partial charge in [0.2, 0.25) is 0 Å². The molecule has 106 valence electrons. The Morgan fingerprint density at radius 1 is 0.714 bits per heavy atom. The van der Waals surface area contributed by atoms with Gasteiger partial charge in [-0.3, -0.25) is 0 Å². The molecule has 2 aromatic carbocycles. The predicted octanol–water partition coefficient (Wildman–Crippen LogP) is 4.97. The number of benzene rings is 2. The molecule has 0 fully saturated rings. The van der Waals surface area contributed by atoms with Crippen LogP contribution in [0.4, 0.5) is 8.78 Å². The Labute approximate surface area is 128 Å². The van der Waals surface area contributed by atoms with Crippen LogP contribution in [0.5, 0.6) is 0 Å². The second kappa shape index (κ2) is 5.59. The summed E-state index contributed by atoms with van der Waals surface area (Å²) in [6.07, 6.45) is 0. The summed E-state index contributed by atoms with van der Waals surface area (Å²) in [7, 11) is 0. The molecule has 3 aromatic rings. The minimum atomic E-state index is -0.766. The molecule has 0 aliphatic rings. The van der Waals surface area contributed by atoms with Crippen molar-refractivity contribution in [3.8, 4) is 21.1 Å². The molecule has 0 aliphatic carbocycles. The summed E-state index contributed by atoms with van der Waals surface area (Å²) < 4.78 is 30.9. The van der Waals surface area contributed by atoms with E-state index in [-0.39, 0.29) is 14.5 Å². The van der Waals surface area contributed by atoms with Gasteiger partial charge in [-0.25, -0.2) is 0 Å². The second-order valence-corrected chi connectivity index (χ2v) is 7.77. The van der Waals surface area contributed by atoms with E-state index in [1.807, 2.05) is 50.2 Å². The zero-order valence-electron chi connectivity index (χ0n) is 11.8. The Morgan fingerprint density at radius 2 is 1.33 bits per heavy atom. The van der Waals surface area contributed by atoms with Crippen LogP contribution < -0.4 is 0 Å². The van der Waals surface area contributed by atoms with Crippen LogP contribution in [0, 0.1) is 25.5 Å². The van der Waals surface area contributed by atoms with E-state index in [0.29, 0.717) is 16.7 Å². The van der Waals surface area contributed by atoms with E-state index in [0.717, 1.165) is 10.0 Å². The number of hydrogen-bond donors (Lipinski definition) is 0. The first-order valence-corrected chi connectivity index (χ1v) is 8.39. The average molecular weight is 347 g/mol. The summed E-state index contributed by atoms with van der Waals surface area (Å²) in [6, 6.07) is 14.7. The van der Waals surface area contributed by atoms with E-state index in [2.05, 4.69) is 0 Å². The van der Waals surface area contributed by atoms with Gasteiger partial charge in [-0.1, -0.05) is 0 Å². The zero-order valence-corrected chi connectivity index (χ0v) is 13.5. The number of hydrogen-bond acceptors (Lipinski definition) is 0. The van der Waals surface area contributed by atoms with Crippen LogP contribution >= 0.6 is 0 Å². The first-order chi connectivity index (χ1) is 10.1. The fraction of sp³-hybridized carbons (Fsp3) is 0.111. The number of halogens is 2. The first-order valence-electron chi connectivity index (χ1n) is 6.68. The SMILES string of the molecule is Cc1ccc(-c2ccc(-c3ccc(C)[se]3)c(F)c2F)cc1. The van der Waals surface area contributed by atoms with Crippen molar-refractivity contribution in [3.05, 3.63) is 70.2 Å². The van der Waals surface area contributed by atoms with Crippen molar-refractivity contribution in [1.29, 1.82) is 0 Å². The molecule has 0 spiro atoms. The van der Waals surface area contributed by atoms with Crippen molar-refractivity contribution in [2.45, 2.75) is 13.8 Å². The Morgan fingerprint density at radius 3 is 1.95 bits per heavy atom. The molecule has 1 heterocycles. The molecule has 0 bridgehead atoms. The van der Waals surface area contributed by atoms with Crippen molar-refractivity contribution < 1.29 is 8.78 Å². The van der Waals surface area contributed by atoms with Crippen LogP contribution in [0.1, 0.15) is 10.0 Å². The summed E-state index contributed by atoms with van der Waals surface area (Å²) in [6.45, 7) is 3.98. The van der Waals surface area contributed by atoms with Crippen molar-refractivity contribution in [2.24, 2.45) is 0 Å². The van der Waals surface area contributed by atoms with Crippen molar-refractivity contribution in [3.63, 3.8) is 0 Å². The van der Waals surface area contributed by atoms with Crippen LogP contribution in [0.15, 0.2) is 48.5 Å². The molecule has 0 saturated carbocycles. The summed E-state index contributed by atoms with van der Waals surface area (Å²) in [5.41, 5.74) is 2.49. The topological polar surface area (TPSA) is 0 Å². The molecular weight excluding hydrogens is 333 g/mol. The monoisotopic (exact) mass is 348 g/mol. The van der Waals surface area contributed by atoms with Crippen LogP contribution in [-0.2, 0) is 0 Å². The Hall–Kier alpha value is -1.70. The molecule has 3 rings (SSSR count). The Kier molecular flexibility index (Phi) is 3.79. The third kappa shape index (κ3) is 2.72. The van der Waals surface area contributed by atoms with Gasteiger partial charge >= 0.3 is 128 Å². The normalized spacial score (nSPS) is 10.9. The second-order valence-electron chi connectivity index (χ2n) is 5.06. The van der Waals surface area contributed by atoms with E-state index in [1.165, 1.54) is 4.44 Å². The van der Waals surface area contributed by atoms with Gasteiger partial charge in [-0.05, 0) is 0 Å². The van der Waals surface area contributed by atoms with Crippen LogP contribution in [0.25, 0.3) is 21.1 Å². The molecule has 0 atom stereocenters. The third-order valence-electron chi connectivity index (χ3n) is 3.45. The zero-order chi connectivity index (χ0) is 15.0. The standard InChI is InChI=1S/C18H14F2Se/c1-11-3-6-13(7-4-11)14-8-9-15(18(20)17(14)19)16-10-5-12(2)21-16/h3-10H,1-2H3. The van der Waals surface area contributed by atoms with Crippen LogP contribution in [0.3, 0.4) is 0 Å². The van der Waals surface area contributed by atoms with E-state index < -0.39 is 11.6 Å². The van der Waals surface area contributed by atoms with Gasteiger partial charge in [0.25, 0.3) is 0 Å². The van der Waals surface area contributed by atoms with Crippen molar-refractivity contribution >= 4 is 14.5 Å². The van der Waals surface area contributed by atoms with Gasteiger partial charge in [0.1, 0.15) is 0 Å². The van der Waals surface area contributed by atoms with Crippen LogP contribution in [0.2, 0.25) is 0 Å². The van der Waals surface area contributed by atoms with Crippen LogP contribution in [-0.4, -0.2) is 14.5 Å². The quantitative estimate of drug-likeness (QED) is 0.574. The van der Waals surface area contributed by atoms with Crippen molar-refractivity contribution in [2.75, 3.05) is 0 Å². The van der Waals surface area contributed by atoms with E-state index in [4.69, 9.17) is 0 Å². The van der Waals surface area contributed by atoms with Gasteiger partial charge < -0.3 is 0 Å². The molecule has 0 amide bonds. The van der Waals surface area contributed by atoms with Gasteiger partial charge in [0.15, 0.2) is 0 Å². The number of aryl methyl sites for hydroxylation is 2. The Balaban J connectivity index is 2.10. The van der Waals surface area contributed by atoms with Crippen molar-refractivity contribution in [1.82, 2.24) is 0 Å². The molecule has 0 unspecified atom stereocenters. The maximum absolute atomic E-state index is 14.4. The average Bonchev–Trinajstić information content (AvgIpc) is 2.89. The van der Waals surface area contributed by atoms with E-state index in [1.54, 1.807) is 12.1 Å². The fourth-order valence-electron chi connectivity index (χ4n) is 2.28. The summed E-state index contributed by atoms with van der Waals surface area (Å²) in [4.78, 5) is 0. The molecule has 1 aromatic heterocycles. The number of rotatable bonds is 2. The molecular formula is C18H14F2Se. The van der Waals surface area contributed by atoms with Gasteiger partial charge in [0.05, 0.1) is 0 Å². The summed E-state index contributed by atoms with van der Waals surface area (Å²) >= 11 is 0.0959. The molecule has 0 saturated heterocycles. The summed E-state index contributed by atoms with van der Waals surface area (Å²) in [5, 5.41) is 0. The summed E-state index contributed by atoms with van der Waals surface area (Å²) in [5.74, 6) is -1.51. The minimum absolute atomic E-state index is 0.0959. The predicted molar refractivity (Wildman–Crippen MR) is 83.6 cm³/mol. The fourth-order valence-corrected chi connectivity index (χ4v) is 4.14. The Bertz CT molecular complexity index is 785. The van der Waals surface area contributed by atoms with Gasteiger partial charge in [-0.15, -0.1) is 0 Å². The molecule has 0 radical (unpaired) electrons. The molecule has 0 aliphatic heterocycles. The first kappa shape index (κ1) is 14.2. The molecule has 21 heavy (non-hydrogen) atoms. The maximum atomic E-state index is 14.4. The molecule has 0 nitrogen and oxygen atoms in total. The molecule has 0 N–H and O–H groups in total. The van der Waals surface area contributed by atoms with E-state index >= 15 is 0 Å². The van der Waals surface area contributed by atoms with E-state index in [9.17, 15) is 8.78 Å². The molecule has 3 heteroatoms.